The monoisotopic (exact) mass is 341 g/mol. The number of halogens is 1. The minimum absolute atomic E-state index is 0.256. The number of anilines is 2. The lowest BCUT2D eigenvalue weighted by atomic mass is 10.1. The lowest BCUT2D eigenvalue weighted by Crippen LogP contribution is -2.14. The Kier molecular flexibility index (Phi) is 3.58. The van der Waals surface area contributed by atoms with Crippen molar-refractivity contribution in [1.29, 1.82) is 0 Å². The van der Waals surface area contributed by atoms with E-state index in [1.54, 1.807) is 24.4 Å². The summed E-state index contributed by atoms with van der Waals surface area (Å²) in [5.41, 5.74) is 7.41. The maximum atomic E-state index is 12.4. The number of nitrogen functional groups attached to an aromatic ring is 1. The molecule has 5 heteroatoms. The van der Waals surface area contributed by atoms with Gasteiger partial charge >= 0.3 is 0 Å². The molecule has 1 aromatic heterocycles. The first-order valence-corrected chi connectivity index (χ1v) is 7.14. The average molecular weight is 342 g/mol. The highest BCUT2D eigenvalue weighted by atomic mass is 79.9. The van der Waals surface area contributed by atoms with Gasteiger partial charge in [0.05, 0.1) is 0 Å². The van der Waals surface area contributed by atoms with E-state index >= 15 is 0 Å². The number of nitrogens with zero attached hydrogens (tertiary/aromatic N) is 1. The normalized spacial score (nSPS) is 10.5. The Bertz CT molecular complexity index is 827. The summed E-state index contributed by atoms with van der Waals surface area (Å²) in [5.74, 6) is -0.256. The van der Waals surface area contributed by atoms with E-state index in [1.807, 2.05) is 30.3 Å². The molecule has 0 radical (unpaired) electrons. The molecule has 4 nitrogen and oxygen atoms in total. The molecule has 0 unspecified atom stereocenters. The summed E-state index contributed by atoms with van der Waals surface area (Å²) in [7, 11) is 0. The molecule has 21 heavy (non-hydrogen) atoms. The van der Waals surface area contributed by atoms with Crippen LogP contribution < -0.4 is 11.1 Å². The second-order valence-electron chi connectivity index (χ2n) is 4.57. The standard InChI is InChI=1S/C16H12BrN3O/c17-13-6-5-11(9-14(13)18)20-16(21)15-12-4-2-1-3-10(12)7-8-19-15/h1-9H,18H2,(H,20,21). The van der Waals surface area contributed by atoms with Crippen molar-refractivity contribution in [2.75, 3.05) is 11.1 Å². The van der Waals surface area contributed by atoms with E-state index < -0.39 is 0 Å². The minimum atomic E-state index is -0.256. The summed E-state index contributed by atoms with van der Waals surface area (Å²) in [6.45, 7) is 0. The zero-order valence-corrected chi connectivity index (χ0v) is 12.6. The Morgan fingerprint density at radius 3 is 2.76 bits per heavy atom. The highest BCUT2D eigenvalue weighted by Crippen LogP contribution is 2.24. The van der Waals surface area contributed by atoms with E-state index in [4.69, 9.17) is 5.73 Å². The number of pyridine rings is 1. The van der Waals surface area contributed by atoms with Crippen LogP contribution in [0.4, 0.5) is 11.4 Å². The number of carbonyl (C=O) groups is 1. The largest absolute Gasteiger partial charge is 0.398 e. The van der Waals surface area contributed by atoms with Crippen LogP contribution in [0, 0.1) is 0 Å². The van der Waals surface area contributed by atoms with Gasteiger partial charge in [0.25, 0.3) is 5.91 Å². The van der Waals surface area contributed by atoms with Crippen molar-refractivity contribution in [2.45, 2.75) is 0 Å². The zero-order valence-electron chi connectivity index (χ0n) is 11.0. The molecule has 0 atom stereocenters. The average Bonchev–Trinajstić information content (AvgIpc) is 2.50. The van der Waals surface area contributed by atoms with Gasteiger partial charge in [0.1, 0.15) is 5.69 Å². The van der Waals surface area contributed by atoms with Crippen LogP contribution in [0.2, 0.25) is 0 Å². The molecule has 2 aromatic carbocycles. The number of nitrogens with one attached hydrogen (secondary N) is 1. The third kappa shape index (κ3) is 2.73. The van der Waals surface area contributed by atoms with Crippen LogP contribution in [0.1, 0.15) is 10.5 Å². The second kappa shape index (κ2) is 5.54. The minimum Gasteiger partial charge on any atom is -0.398 e. The van der Waals surface area contributed by atoms with Crippen LogP contribution in [-0.2, 0) is 0 Å². The molecule has 3 N–H and O–H groups in total. The highest BCUT2D eigenvalue weighted by molar-refractivity contribution is 9.10. The van der Waals surface area contributed by atoms with Gasteiger partial charge in [-0.15, -0.1) is 0 Å². The van der Waals surface area contributed by atoms with Crippen LogP contribution in [-0.4, -0.2) is 10.9 Å². The van der Waals surface area contributed by atoms with Crippen LogP contribution in [0.5, 0.6) is 0 Å². The molecule has 0 fully saturated rings. The van der Waals surface area contributed by atoms with Gasteiger partial charge in [-0.05, 0) is 45.6 Å². The number of rotatable bonds is 2. The first-order chi connectivity index (χ1) is 10.1. The number of hydrogen-bond acceptors (Lipinski definition) is 3. The lowest BCUT2D eigenvalue weighted by Gasteiger charge is -2.08. The van der Waals surface area contributed by atoms with Crippen molar-refractivity contribution >= 4 is 44.0 Å². The van der Waals surface area contributed by atoms with Crippen molar-refractivity contribution in [3.63, 3.8) is 0 Å². The molecule has 1 heterocycles. The molecule has 0 aliphatic heterocycles. The predicted molar refractivity (Wildman–Crippen MR) is 88.3 cm³/mol. The van der Waals surface area contributed by atoms with E-state index in [2.05, 4.69) is 26.2 Å². The van der Waals surface area contributed by atoms with E-state index in [9.17, 15) is 4.79 Å². The van der Waals surface area contributed by atoms with Gasteiger partial charge in [0.2, 0.25) is 0 Å². The number of nitrogens with two attached hydrogens (primary N) is 1. The molecular weight excluding hydrogens is 330 g/mol. The van der Waals surface area contributed by atoms with Crippen molar-refractivity contribution in [3.05, 3.63) is 64.9 Å². The Balaban J connectivity index is 1.95. The van der Waals surface area contributed by atoms with Gasteiger partial charge in [0.15, 0.2) is 0 Å². The number of carbonyl (C=O) groups excluding carboxylic acids is 1. The number of amides is 1. The van der Waals surface area contributed by atoms with Gasteiger partial charge in [-0.25, -0.2) is 0 Å². The van der Waals surface area contributed by atoms with Gasteiger partial charge in [-0.2, -0.15) is 0 Å². The second-order valence-corrected chi connectivity index (χ2v) is 5.43. The number of hydrogen-bond donors (Lipinski definition) is 2. The lowest BCUT2D eigenvalue weighted by molar-refractivity contribution is 0.102. The summed E-state index contributed by atoms with van der Waals surface area (Å²) >= 11 is 3.32. The zero-order chi connectivity index (χ0) is 14.8. The van der Waals surface area contributed by atoms with Crippen molar-refractivity contribution in [1.82, 2.24) is 4.98 Å². The van der Waals surface area contributed by atoms with E-state index in [-0.39, 0.29) is 5.91 Å². The van der Waals surface area contributed by atoms with E-state index in [0.717, 1.165) is 15.2 Å². The quantitative estimate of drug-likeness (QED) is 0.696. The van der Waals surface area contributed by atoms with Crippen molar-refractivity contribution in [2.24, 2.45) is 0 Å². The Morgan fingerprint density at radius 2 is 1.95 bits per heavy atom. The fourth-order valence-corrected chi connectivity index (χ4v) is 2.36. The Hall–Kier alpha value is -2.40. The third-order valence-corrected chi connectivity index (χ3v) is 3.86. The SMILES string of the molecule is Nc1cc(NC(=O)c2nccc3ccccc23)ccc1Br. The van der Waals surface area contributed by atoms with E-state index in [0.29, 0.717) is 17.1 Å². The number of aromatic nitrogens is 1. The van der Waals surface area contributed by atoms with E-state index in [1.165, 1.54) is 0 Å². The molecule has 0 aliphatic carbocycles. The first kappa shape index (κ1) is 13.6. The fourth-order valence-electron chi connectivity index (χ4n) is 2.11. The van der Waals surface area contributed by atoms with Gasteiger partial charge in [0, 0.05) is 27.4 Å². The Morgan fingerprint density at radius 1 is 1.14 bits per heavy atom. The molecule has 0 bridgehead atoms. The highest BCUT2D eigenvalue weighted by Gasteiger charge is 2.12. The van der Waals surface area contributed by atoms with Gasteiger partial charge in [-0.3, -0.25) is 9.78 Å². The fraction of sp³-hybridized carbons (Fsp3) is 0. The summed E-state index contributed by atoms with van der Waals surface area (Å²) in [6, 6.07) is 14.8. The smallest absolute Gasteiger partial charge is 0.274 e. The van der Waals surface area contributed by atoms with Crippen molar-refractivity contribution < 1.29 is 4.79 Å². The van der Waals surface area contributed by atoms with Crippen LogP contribution >= 0.6 is 15.9 Å². The third-order valence-electron chi connectivity index (χ3n) is 3.14. The summed E-state index contributed by atoms with van der Waals surface area (Å²) in [6.07, 6.45) is 1.63. The summed E-state index contributed by atoms with van der Waals surface area (Å²) in [5, 5.41) is 4.62. The maximum absolute atomic E-state index is 12.4. The number of benzene rings is 2. The maximum Gasteiger partial charge on any atom is 0.274 e. The predicted octanol–water partition coefficient (Wildman–Crippen LogP) is 3.83. The Labute approximate surface area is 130 Å². The van der Waals surface area contributed by atoms with Crippen LogP contribution in [0.3, 0.4) is 0 Å². The molecule has 104 valence electrons. The molecule has 3 rings (SSSR count). The molecule has 1 amide bonds. The molecule has 0 saturated carbocycles. The molecule has 0 saturated heterocycles. The molecule has 0 spiro atoms. The topological polar surface area (TPSA) is 68.0 Å². The first-order valence-electron chi connectivity index (χ1n) is 6.35. The summed E-state index contributed by atoms with van der Waals surface area (Å²) < 4.78 is 0.795. The molecule has 3 aromatic rings. The van der Waals surface area contributed by atoms with Crippen LogP contribution in [0.15, 0.2) is 59.2 Å². The van der Waals surface area contributed by atoms with Gasteiger partial charge < -0.3 is 11.1 Å². The van der Waals surface area contributed by atoms with Crippen molar-refractivity contribution in [3.8, 4) is 0 Å². The van der Waals surface area contributed by atoms with Crippen LogP contribution in [0.25, 0.3) is 10.8 Å². The molecule has 0 aliphatic rings. The van der Waals surface area contributed by atoms with Gasteiger partial charge in [-0.1, -0.05) is 24.3 Å². The molecular formula is C16H12BrN3O. The summed E-state index contributed by atoms with van der Waals surface area (Å²) in [4.78, 5) is 16.6. The number of fused-ring (bicyclic) bond motifs is 1.